The SMILES string of the molecule is CCCCCCCCCC/C=C\CCCCCCCCCCCC(=O)NC(COC1OC(CO)C(OC2OC(CO)C(OC3OC(CO)C(O)C(O)C3O)C(O)C2O)C(O)C1O)C(O)CCCCCCCCCCCCCCCCCCCCCCCCCCCCCCCCCCC. The van der Waals surface area contributed by atoms with Gasteiger partial charge in [0.1, 0.15) is 73.2 Å². The van der Waals surface area contributed by atoms with Gasteiger partial charge in [0.05, 0.1) is 38.6 Å². The van der Waals surface area contributed by atoms with E-state index in [1.165, 1.54) is 276 Å². The average Bonchev–Trinajstić information content (AvgIpc) is 0.784. The maximum Gasteiger partial charge on any atom is 0.220 e. The summed E-state index contributed by atoms with van der Waals surface area (Å²) >= 11 is 0. The van der Waals surface area contributed by atoms with Crippen molar-refractivity contribution in [3.05, 3.63) is 12.2 Å². The standard InChI is InChI=1S/C80H153NO18/c1-3-5-7-9-11-13-15-17-19-21-23-25-26-27-28-29-30-31-32-33-34-35-36-38-39-41-43-45-47-49-51-53-55-57-64(85)63(81-68(86)58-56-54-52-50-48-46-44-42-40-37-24-22-20-18-16-14-12-10-8-6-4-2)62-94-78-74(92)71(89)76(66(60-83)96-78)99-80-75(93)72(90)77(67(61-84)97-80)98-79-73(91)70(88)69(87)65(59-82)95-79/h22,24,63-67,69-80,82-85,87-93H,3-21,23,25-62H2,1-2H3,(H,81,86)/b24-22-. The van der Waals surface area contributed by atoms with E-state index in [2.05, 4.69) is 31.3 Å². The van der Waals surface area contributed by atoms with Crippen molar-refractivity contribution < 1.29 is 89.4 Å². The van der Waals surface area contributed by atoms with Crippen molar-refractivity contribution in [2.45, 2.75) is 465 Å². The number of hydrogen-bond donors (Lipinski definition) is 12. The minimum absolute atomic E-state index is 0.238. The fraction of sp³-hybridized carbons (Fsp3) is 0.963. The van der Waals surface area contributed by atoms with Crippen LogP contribution in [0.1, 0.15) is 361 Å². The smallest absolute Gasteiger partial charge is 0.220 e. The lowest BCUT2D eigenvalue weighted by Crippen LogP contribution is -2.66. The Morgan fingerprint density at radius 3 is 0.980 bits per heavy atom. The van der Waals surface area contributed by atoms with Gasteiger partial charge in [-0.15, -0.1) is 0 Å². The van der Waals surface area contributed by atoms with E-state index in [1.54, 1.807) is 0 Å². The Morgan fingerprint density at radius 2 is 0.636 bits per heavy atom. The maximum absolute atomic E-state index is 13.5. The summed E-state index contributed by atoms with van der Waals surface area (Å²) in [6.07, 6.45) is 46.0. The number of hydrogen-bond acceptors (Lipinski definition) is 18. The fourth-order valence-electron chi connectivity index (χ4n) is 14.4. The summed E-state index contributed by atoms with van der Waals surface area (Å²) in [5.74, 6) is -0.238. The maximum atomic E-state index is 13.5. The highest BCUT2D eigenvalue weighted by molar-refractivity contribution is 5.76. The van der Waals surface area contributed by atoms with E-state index >= 15 is 0 Å². The first-order valence-corrected chi connectivity index (χ1v) is 41.4. The lowest BCUT2D eigenvalue weighted by Gasteiger charge is -2.48. The van der Waals surface area contributed by atoms with E-state index in [1.807, 2.05) is 0 Å². The number of aliphatic hydroxyl groups is 11. The predicted octanol–water partition coefficient (Wildman–Crippen LogP) is 14.0. The van der Waals surface area contributed by atoms with E-state index < -0.39 is 124 Å². The molecule has 19 nitrogen and oxygen atoms in total. The monoisotopic (exact) mass is 1420 g/mol. The molecule has 12 N–H and O–H groups in total. The Labute approximate surface area is 601 Å². The van der Waals surface area contributed by atoms with Crippen molar-refractivity contribution in [2.24, 2.45) is 0 Å². The van der Waals surface area contributed by atoms with Crippen molar-refractivity contribution >= 4 is 5.91 Å². The first-order chi connectivity index (χ1) is 48.3. The molecular weight excluding hydrogens is 1260 g/mol. The molecule has 0 aromatic carbocycles. The van der Waals surface area contributed by atoms with Gasteiger partial charge < -0.3 is 89.9 Å². The molecule has 0 aromatic heterocycles. The minimum Gasteiger partial charge on any atom is -0.394 e. The Balaban J connectivity index is 1.34. The summed E-state index contributed by atoms with van der Waals surface area (Å²) in [4.78, 5) is 13.5. The van der Waals surface area contributed by atoms with Crippen molar-refractivity contribution in [3.8, 4) is 0 Å². The molecule has 17 atom stereocenters. The second kappa shape index (κ2) is 61.7. The van der Waals surface area contributed by atoms with Gasteiger partial charge in [0.25, 0.3) is 0 Å². The molecule has 3 saturated heterocycles. The molecule has 0 radical (unpaired) electrons. The number of allylic oxidation sites excluding steroid dienone is 2. The highest BCUT2D eigenvalue weighted by atomic mass is 16.8. The lowest BCUT2D eigenvalue weighted by atomic mass is 9.96. The van der Waals surface area contributed by atoms with Crippen LogP contribution >= 0.6 is 0 Å². The summed E-state index contributed by atoms with van der Waals surface area (Å²) in [7, 11) is 0. The van der Waals surface area contributed by atoms with Crippen LogP contribution in [0.25, 0.3) is 0 Å². The van der Waals surface area contributed by atoms with Gasteiger partial charge in [-0.25, -0.2) is 0 Å². The third kappa shape index (κ3) is 41.9. The molecule has 19 heteroatoms. The summed E-state index contributed by atoms with van der Waals surface area (Å²) in [6.45, 7) is 1.86. The molecule has 3 rings (SSSR count). The summed E-state index contributed by atoms with van der Waals surface area (Å²) < 4.78 is 34.5. The van der Waals surface area contributed by atoms with Crippen molar-refractivity contribution in [1.82, 2.24) is 5.32 Å². The van der Waals surface area contributed by atoms with E-state index in [0.717, 1.165) is 51.4 Å². The van der Waals surface area contributed by atoms with Crippen LogP contribution in [-0.2, 0) is 33.2 Å². The largest absolute Gasteiger partial charge is 0.394 e. The molecule has 17 unspecified atom stereocenters. The minimum atomic E-state index is -1.97. The summed E-state index contributed by atoms with van der Waals surface area (Å²) in [5, 5.41) is 121. The van der Waals surface area contributed by atoms with Crippen LogP contribution < -0.4 is 5.32 Å². The molecule has 0 saturated carbocycles. The number of nitrogens with one attached hydrogen (secondary N) is 1. The van der Waals surface area contributed by atoms with Crippen molar-refractivity contribution in [3.63, 3.8) is 0 Å². The van der Waals surface area contributed by atoms with Crippen LogP contribution in [0.3, 0.4) is 0 Å². The normalized spacial score (nSPS) is 26.6. The number of rotatable bonds is 67. The van der Waals surface area contributed by atoms with E-state index in [9.17, 15) is 61.0 Å². The van der Waals surface area contributed by atoms with Gasteiger partial charge in [-0.05, 0) is 38.5 Å². The highest BCUT2D eigenvalue weighted by Gasteiger charge is 2.54. The molecule has 3 aliphatic rings. The first-order valence-electron chi connectivity index (χ1n) is 41.4. The second-order valence-corrected chi connectivity index (χ2v) is 29.9. The number of carbonyl (C=O) groups excluding carboxylic acids is 1. The van der Waals surface area contributed by atoms with Crippen LogP contribution in [-0.4, -0.2) is 193 Å². The van der Waals surface area contributed by atoms with E-state index in [4.69, 9.17) is 28.4 Å². The number of aliphatic hydroxyl groups excluding tert-OH is 11. The van der Waals surface area contributed by atoms with Gasteiger partial charge in [-0.1, -0.05) is 328 Å². The third-order valence-corrected chi connectivity index (χ3v) is 21.1. The van der Waals surface area contributed by atoms with Gasteiger partial charge >= 0.3 is 0 Å². The zero-order chi connectivity index (χ0) is 71.8. The zero-order valence-corrected chi connectivity index (χ0v) is 62.8. The molecule has 0 spiro atoms. The van der Waals surface area contributed by atoms with Gasteiger partial charge in [0.15, 0.2) is 18.9 Å². The molecule has 0 aliphatic carbocycles. The Hall–Kier alpha value is -1.47. The highest BCUT2D eigenvalue weighted by Crippen LogP contribution is 2.33. The number of carbonyl (C=O) groups is 1. The van der Waals surface area contributed by atoms with Gasteiger partial charge in [-0.2, -0.15) is 0 Å². The Bertz CT molecular complexity index is 1840. The first kappa shape index (κ1) is 91.7. The molecule has 586 valence electrons. The Kier molecular flexibility index (Phi) is 57.1. The van der Waals surface area contributed by atoms with Crippen molar-refractivity contribution in [1.29, 1.82) is 0 Å². The molecule has 99 heavy (non-hydrogen) atoms. The zero-order valence-electron chi connectivity index (χ0n) is 62.8. The van der Waals surface area contributed by atoms with Gasteiger partial charge in [-0.3, -0.25) is 4.79 Å². The van der Waals surface area contributed by atoms with E-state index in [-0.39, 0.29) is 18.9 Å². The number of amides is 1. The van der Waals surface area contributed by atoms with Crippen LogP contribution in [0, 0.1) is 0 Å². The van der Waals surface area contributed by atoms with Gasteiger partial charge in [0, 0.05) is 6.42 Å². The summed E-state index contributed by atoms with van der Waals surface area (Å²) in [6, 6.07) is -0.887. The predicted molar refractivity (Wildman–Crippen MR) is 393 cm³/mol. The van der Waals surface area contributed by atoms with E-state index in [0.29, 0.717) is 12.8 Å². The molecule has 3 aliphatic heterocycles. The molecular formula is C80H153NO18. The second-order valence-electron chi connectivity index (χ2n) is 29.9. The van der Waals surface area contributed by atoms with Crippen molar-refractivity contribution in [2.75, 3.05) is 26.4 Å². The molecule has 3 fully saturated rings. The van der Waals surface area contributed by atoms with Crippen LogP contribution in [0.4, 0.5) is 0 Å². The quantitative estimate of drug-likeness (QED) is 0.0199. The number of ether oxygens (including phenoxy) is 6. The average molecular weight is 1420 g/mol. The van der Waals surface area contributed by atoms with Crippen LogP contribution in [0.15, 0.2) is 12.2 Å². The Morgan fingerprint density at radius 1 is 0.354 bits per heavy atom. The number of unbranched alkanes of at least 4 members (excludes halogenated alkanes) is 49. The van der Waals surface area contributed by atoms with Gasteiger partial charge in [0.2, 0.25) is 5.91 Å². The topological polar surface area (TPSA) is 307 Å². The fourth-order valence-corrected chi connectivity index (χ4v) is 14.4. The third-order valence-electron chi connectivity index (χ3n) is 21.1. The molecule has 3 heterocycles. The molecule has 0 aromatic rings. The summed E-state index contributed by atoms with van der Waals surface area (Å²) in [5.41, 5.74) is 0. The lowest BCUT2D eigenvalue weighted by molar-refractivity contribution is -0.379. The van der Waals surface area contributed by atoms with Crippen LogP contribution in [0.2, 0.25) is 0 Å². The van der Waals surface area contributed by atoms with Crippen LogP contribution in [0.5, 0.6) is 0 Å². The molecule has 1 amide bonds. The molecule has 0 bridgehead atoms.